The van der Waals surface area contributed by atoms with Gasteiger partial charge in [-0.25, -0.2) is 4.98 Å². The minimum absolute atomic E-state index is 0.120. The summed E-state index contributed by atoms with van der Waals surface area (Å²) < 4.78 is 5.70. The molecule has 1 aliphatic carbocycles. The summed E-state index contributed by atoms with van der Waals surface area (Å²) in [6.07, 6.45) is 1.69. The van der Waals surface area contributed by atoms with E-state index in [4.69, 9.17) is 10.5 Å². The molecule has 1 aromatic rings. The van der Waals surface area contributed by atoms with Gasteiger partial charge in [0.25, 0.3) is 0 Å². The van der Waals surface area contributed by atoms with Crippen molar-refractivity contribution in [3.8, 4) is 17.7 Å². The number of rotatable bonds is 2. The molecule has 0 aliphatic heterocycles. The summed E-state index contributed by atoms with van der Waals surface area (Å²) >= 11 is 3.32. The molecule has 2 N–H and O–H groups in total. The SMILES string of the molecule is COc1ncc(C2C#C2)c(N)c1Br. The zero-order chi connectivity index (χ0) is 9.42. The lowest BCUT2D eigenvalue weighted by atomic mass is 10.1. The number of aromatic nitrogens is 1. The molecular weight excluding hydrogens is 232 g/mol. The number of hydrogen-bond acceptors (Lipinski definition) is 3. The fourth-order valence-electron chi connectivity index (χ4n) is 1.07. The largest absolute Gasteiger partial charge is 0.480 e. The molecule has 4 heteroatoms. The minimum Gasteiger partial charge on any atom is -0.480 e. The molecule has 0 bridgehead atoms. The number of nitrogen functional groups attached to an aromatic ring is 1. The lowest BCUT2D eigenvalue weighted by Gasteiger charge is -2.08. The molecule has 0 saturated heterocycles. The molecule has 1 aliphatic rings. The van der Waals surface area contributed by atoms with Crippen molar-refractivity contribution >= 4 is 21.6 Å². The lowest BCUT2D eigenvalue weighted by molar-refractivity contribution is 0.395. The van der Waals surface area contributed by atoms with E-state index < -0.39 is 0 Å². The Morgan fingerprint density at radius 2 is 2.31 bits per heavy atom. The highest BCUT2D eigenvalue weighted by Crippen LogP contribution is 2.36. The third-order valence-corrected chi connectivity index (χ3v) is 2.62. The van der Waals surface area contributed by atoms with Gasteiger partial charge >= 0.3 is 0 Å². The zero-order valence-corrected chi connectivity index (χ0v) is 8.55. The Balaban J connectivity index is 2.45. The number of nitrogens with two attached hydrogens (primary N) is 1. The number of nitrogens with zero attached hydrogens (tertiary/aromatic N) is 1. The van der Waals surface area contributed by atoms with Gasteiger partial charge in [0.1, 0.15) is 10.4 Å². The maximum Gasteiger partial charge on any atom is 0.229 e. The highest BCUT2D eigenvalue weighted by molar-refractivity contribution is 9.10. The van der Waals surface area contributed by atoms with Crippen molar-refractivity contribution in [1.29, 1.82) is 0 Å². The second-order valence-electron chi connectivity index (χ2n) is 2.67. The molecular formula is C9H7BrN2O. The third kappa shape index (κ3) is 1.36. The van der Waals surface area contributed by atoms with Crippen LogP contribution in [0.2, 0.25) is 0 Å². The lowest BCUT2D eigenvalue weighted by Crippen LogP contribution is -1.99. The van der Waals surface area contributed by atoms with Crippen molar-refractivity contribution < 1.29 is 4.74 Å². The molecule has 2 rings (SSSR count). The van der Waals surface area contributed by atoms with E-state index in [-0.39, 0.29) is 5.92 Å². The Kier molecular flexibility index (Phi) is 1.89. The normalized spacial score (nSPS) is 13.4. The van der Waals surface area contributed by atoms with Crippen LogP contribution in [0, 0.1) is 11.8 Å². The van der Waals surface area contributed by atoms with Crippen LogP contribution < -0.4 is 10.5 Å². The van der Waals surface area contributed by atoms with Crippen LogP contribution in [0.25, 0.3) is 0 Å². The van der Waals surface area contributed by atoms with Crippen LogP contribution in [-0.2, 0) is 0 Å². The second-order valence-corrected chi connectivity index (χ2v) is 3.47. The number of pyridine rings is 1. The van der Waals surface area contributed by atoms with E-state index in [1.807, 2.05) is 0 Å². The number of ether oxygens (including phenoxy) is 1. The van der Waals surface area contributed by atoms with Gasteiger partial charge in [-0.3, -0.25) is 0 Å². The Morgan fingerprint density at radius 3 is 2.85 bits per heavy atom. The van der Waals surface area contributed by atoms with E-state index in [0.29, 0.717) is 16.0 Å². The van der Waals surface area contributed by atoms with Gasteiger partial charge < -0.3 is 10.5 Å². The van der Waals surface area contributed by atoms with Gasteiger partial charge in [0.05, 0.1) is 12.8 Å². The molecule has 0 atom stereocenters. The number of halogens is 1. The number of methoxy groups -OCH3 is 1. The van der Waals surface area contributed by atoms with Gasteiger partial charge in [0.2, 0.25) is 5.88 Å². The van der Waals surface area contributed by atoms with Crippen LogP contribution in [-0.4, -0.2) is 12.1 Å². The monoisotopic (exact) mass is 238 g/mol. The molecule has 0 saturated carbocycles. The first-order chi connectivity index (χ1) is 6.24. The first kappa shape index (κ1) is 8.39. The first-order valence-corrected chi connectivity index (χ1v) is 4.52. The summed E-state index contributed by atoms with van der Waals surface area (Å²) in [5.74, 6) is 6.47. The summed E-state index contributed by atoms with van der Waals surface area (Å²) in [4.78, 5) is 4.09. The van der Waals surface area contributed by atoms with Crippen molar-refractivity contribution in [3.05, 3.63) is 16.2 Å². The molecule has 0 amide bonds. The van der Waals surface area contributed by atoms with Gasteiger partial charge in [-0.2, -0.15) is 0 Å². The molecule has 0 fully saturated rings. The van der Waals surface area contributed by atoms with Crippen LogP contribution >= 0.6 is 15.9 Å². The predicted molar refractivity (Wildman–Crippen MR) is 53.4 cm³/mol. The predicted octanol–water partition coefficient (Wildman–Crippen LogP) is 1.54. The highest BCUT2D eigenvalue weighted by atomic mass is 79.9. The molecule has 0 unspecified atom stereocenters. The Hall–Kier alpha value is -1.21. The molecule has 1 aromatic heterocycles. The molecule has 0 spiro atoms. The summed E-state index contributed by atoms with van der Waals surface area (Å²) in [5, 5.41) is 0. The van der Waals surface area contributed by atoms with Crippen molar-refractivity contribution in [1.82, 2.24) is 4.98 Å². The van der Waals surface area contributed by atoms with Crippen LogP contribution in [0.15, 0.2) is 10.7 Å². The maximum absolute atomic E-state index is 5.85. The Labute approximate surface area is 84.4 Å². The smallest absolute Gasteiger partial charge is 0.229 e. The van der Waals surface area contributed by atoms with E-state index in [2.05, 4.69) is 32.8 Å². The fraction of sp³-hybridized carbons (Fsp3) is 0.222. The van der Waals surface area contributed by atoms with Gasteiger partial charge in [-0.1, -0.05) is 11.8 Å². The number of hydrogen-bond donors (Lipinski definition) is 1. The quantitative estimate of drug-likeness (QED) is 0.796. The van der Waals surface area contributed by atoms with Crippen molar-refractivity contribution in [2.75, 3.05) is 12.8 Å². The van der Waals surface area contributed by atoms with E-state index >= 15 is 0 Å². The average molecular weight is 239 g/mol. The summed E-state index contributed by atoms with van der Waals surface area (Å²) in [5.41, 5.74) is 7.42. The van der Waals surface area contributed by atoms with E-state index in [1.54, 1.807) is 13.3 Å². The summed E-state index contributed by atoms with van der Waals surface area (Å²) in [6, 6.07) is 0. The van der Waals surface area contributed by atoms with Crippen LogP contribution in [0.5, 0.6) is 5.88 Å². The Morgan fingerprint density at radius 1 is 1.62 bits per heavy atom. The average Bonchev–Trinajstić information content (AvgIpc) is 2.93. The molecule has 66 valence electrons. The van der Waals surface area contributed by atoms with Crippen LogP contribution in [0.1, 0.15) is 11.5 Å². The fourth-order valence-corrected chi connectivity index (χ4v) is 1.56. The maximum atomic E-state index is 5.85. The number of anilines is 1. The highest BCUT2D eigenvalue weighted by Gasteiger charge is 2.20. The topological polar surface area (TPSA) is 48.1 Å². The molecule has 3 nitrogen and oxygen atoms in total. The van der Waals surface area contributed by atoms with Gasteiger partial charge in [0, 0.05) is 11.8 Å². The molecule has 0 aromatic carbocycles. The van der Waals surface area contributed by atoms with E-state index in [9.17, 15) is 0 Å². The van der Waals surface area contributed by atoms with Crippen molar-refractivity contribution in [2.45, 2.75) is 5.92 Å². The van der Waals surface area contributed by atoms with Crippen molar-refractivity contribution in [2.24, 2.45) is 0 Å². The van der Waals surface area contributed by atoms with Gasteiger partial charge in [0.15, 0.2) is 0 Å². The van der Waals surface area contributed by atoms with Crippen LogP contribution in [0.4, 0.5) is 5.69 Å². The van der Waals surface area contributed by atoms with Crippen molar-refractivity contribution in [3.63, 3.8) is 0 Å². The second kappa shape index (κ2) is 2.93. The third-order valence-electron chi connectivity index (χ3n) is 1.85. The van der Waals surface area contributed by atoms with Gasteiger partial charge in [-0.05, 0) is 15.9 Å². The van der Waals surface area contributed by atoms with Gasteiger partial charge in [-0.15, -0.1) is 0 Å². The first-order valence-electron chi connectivity index (χ1n) is 3.73. The zero-order valence-electron chi connectivity index (χ0n) is 6.97. The van der Waals surface area contributed by atoms with E-state index in [0.717, 1.165) is 5.56 Å². The molecule has 0 radical (unpaired) electrons. The van der Waals surface area contributed by atoms with E-state index in [1.165, 1.54) is 0 Å². The Bertz CT molecular complexity index is 412. The summed E-state index contributed by atoms with van der Waals surface area (Å²) in [6.45, 7) is 0. The molecule has 1 heterocycles. The standard InChI is InChI=1S/C9H7BrN2O/c1-13-9-7(10)8(11)6(4-12-9)5-2-3-5/h4-5H,1H3,(H2,11,12). The molecule has 13 heavy (non-hydrogen) atoms. The van der Waals surface area contributed by atoms with Crippen LogP contribution in [0.3, 0.4) is 0 Å². The summed E-state index contributed by atoms with van der Waals surface area (Å²) in [7, 11) is 1.56. The minimum atomic E-state index is 0.120.